The lowest BCUT2D eigenvalue weighted by molar-refractivity contribution is -0.122. The van der Waals surface area contributed by atoms with Crippen molar-refractivity contribution in [2.75, 3.05) is 16.5 Å². The van der Waals surface area contributed by atoms with Crippen molar-refractivity contribution in [3.8, 4) is 22.5 Å². The number of rotatable bonds is 8. The van der Waals surface area contributed by atoms with Gasteiger partial charge in [0.2, 0.25) is 11.7 Å². The number of thiocarbonyl (C=S) groups is 1. The quantitative estimate of drug-likeness (QED) is 0.279. The second kappa shape index (κ2) is 11.5. The van der Waals surface area contributed by atoms with Crippen molar-refractivity contribution in [2.45, 2.75) is 64.8 Å². The predicted octanol–water partition coefficient (Wildman–Crippen LogP) is 4.82. The number of carbonyl (C=O) groups is 1. The average molecular weight is 533 g/mol. The van der Waals surface area contributed by atoms with Crippen molar-refractivity contribution in [3.05, 3.63) is 42.5 Å². The first-order valence-corrected chi connectivity index (χ1v) is 14.0. The third-order valence-corrected chi connectivity index (χ3v) is 7.50. The minimum absolute atomic E-state index is 0.0163. The monoisotopic (exact) mass is 532 g/mol. The highest BCUT2D eigenvalue weighted by atomic mass is 32.1. The molecule has 2 saturated carbocycles. The Morgan fingerprint density at radius 2 is 1.82 bits per heavy atom. The number of benzene rings is 2. The number of nitrogens with zero attached hydrogens (tertiary/aromatic N) is 5. The van der Waals surface area contributed by atoms with Gasteiger partial charge in [0.1, 0.15) is 0 Å². The maximum Gasteiger partial charge on any atom is 0.241 e. The number of carbonyl (C=O) groups excluding carboxylic acids is 1. The summed E-state index contributed by atoms with van der Waals surface area (Å²) in [7, 11) is 0. The zero-order chi connectivity index (χ0) is 26.6. The number of hydrazine groups is 1. The molecular formula is C28H36N8OS. The SMILES string of the molecule is CC(C)CN(c1ccc(-c2ccccc2-c2nn[nH]n2)cc1N(NC(=O)C1CC1)C(N)=S)C1CCCCC1. The molecule has 9 nitrogen and oxygen atoms in total. The Bertz CT molecular complexity index is 1270. The summed E-state index contributed by atoms with van der Waals surface area (Å²) >= 11 is 5.50. The van der Waals surface area contributed by atoms with Gasteiger partial charge in [-0.15, -0.1) is 10.2 Å². The molecule has 10 heteroatoms. The van der Waals surface area contributed by atoms with Crippen LogP contribution in [-0.4, -0.2) is 44.2 Å². The fraction of sp³-hybridized carbons (Fsp3) is 0.464. The van der Waals surface area contributed by atoms with E-state index in [0.717, 1.165) is 60.3 Å². The largest absolute Gasteiger partial charge is 0.374 e. The predicted molar refractivity (Wildman–Crippen MR) is 154 cm³/mol. The Labute approximate surface area is 229 Å². The van der Waals surface area contributed by atoms with Gasteiger partial charge in [-0.3, -0.25) is 10.2 Å². The van der Waals surface area contributed by atoms with Gasteiger partial charge in [0.05, 0.1) is 11.4 Å². The number of tetrazole rings is 1. The zero-order valence-corrected chi connectivity index (χ0v) is 22.9. The van der Waals surface area contributed by atoms with E-state index in [9.17, 15) is 4.79 Å². The molecule has 0 atom stereocenters. The first-order chi connectivity index (χ1) is 18.4. The van der Waals surface area contributed by atoms with Crippen LogP contribution in [0.15, 0.2) is 42.5 Å². The van der Waals surface area contributed by atoms with Crippen molar-refractivity contribution in [1.82, 2.24) is 26.0 Å². The molecule has 0 unspecified atom stereocenters. The summed E-state index contributed by atoms with van der Waals surface area (Å²) in [5.41, 5.74) is 13.9. The summed E-state index contributed by atoms with van der Waals surface area (Å²) in [6, 6.07) is 14.7. The van der Waals surface area contributed by atoms with Crippen LogP contribution in [0.3, 0.4) is 0 Å². The Kier molecular flexibility index (Phi) is 7.87. The first kappa shape index (κ1) is 26.1. The summed E-state index contributed by atoms with van der Waals surface area (Å²) in [6.45, 7) is 5.38. The molecule has 0 saturated heterocycles. The van der Waals surface area contributed by atoms with E-state index in [1.807, 2.05) is 24.3 Å². The van der Waals surface area contributed by atoms with E-state index in [0.29, 0.717) is 17.8 Å². The highest BCUT2D eigenvalue weighted by Crippen LogP contribution is 2.40. The van der Waals surface area contributed by atoms with E-state index in [-0.39, 0.29) is 16.9 Å². The third kappa shape index (κ3) is 5.80. The highest BCUT2D eigenvalue weighted by Gasteiger charge is 2.33. The second-order valence-electron chi connectivity index (χ2n) is 10.7. The smallest absolute Gasteiger partial charge is 0.241 e. The van der Waals surface area contributed by atoms with Crippen LogP contribution in [0.4, 0.5) is 11.4 Å². The van der Waals surface area contributed by atoms with E-state index >= 15 is 0 Å². The molecule has 1 aromatic heterocycles. The van der Waals surface area contributed by atoms with E-state index in [4.69, 9.17) is 18.0 Å². The van der Waals surface area contributed by atoms with Gasteiger partial charge in [-0.1, -0.05) is 63.4 Å². The van der Waals surface area contributed by atoms with Crippen LogP contribution in [0, 0.1) is 11.8 Å². The summed E-state index contributed by atoms with van der Waals surface area (Å²) < 4.78 is 0. The molecule has 0 radical (unpaired) electrons. The van der Waals surface area contributed by atoms with Crippen LogP contribution < -0.4 is 21.1 Å². The lowest BCUT2D eigenvalue weighted by Gasteiger charge is -2.40. The van der Waals surface area contributed by atoms with Crippen molar-refractivity contribution < 1.29 is 4.79 Å². The topological polar surface area (TPSA) is 116 Å². The summed E-state index contributed by atoms with van der Waals surface area (Å²) in [4.78, 5) is 15.4. The molecule has 5 rings (SSSR count). The van der Waals surface area contributed by atoms with Gasteiger partial charge < -0.3 is 10.6 Å². The zero-order valence-electron chi connectivity index (χ0n) is 22.1. The van der Waals surface area contributed by atoms with Crippen LogP contribution >= 0.6 is 12.2 Å². The number of nitrogens with one attached hydrogen (secondary N) is 2. The molecule has 0 aliphatic heterocycles. The number of amides is 1. The molecule has 1 amide bonds. The standard InChI is InChI=1S/C28H36N8OS/c1-18(2)17-35(21-8-4-3-5-9-21)24-15-14-20(22-10-6-7-11-23(22)26-30-33-34-31-26)16-25(24)36(28(29)38)32-27(37)19-12-13-19/h6-7,10-11,14-16,18-19,21H,3-5,8-9,12-13,17H2,1-2H3,(H2,29,38)(H,32,37)(H,30,31,33,34). The van der Waals surface area contributed by atoms with Gasteiger partial charge in [0.25, 0.3) is 0 Å². The minimum atomic E-state index is -0.0468. The van der Waals surface area contributed by atoms with Crippen LogP contribution in [0.1, 0.15) is 58.8 Å². The number of hydrogen-bond donors (Lipinski definition) is 3. The molecule has 0 bridgehead atoms. The Morgan fingerprint density at radius 1 is 1.08 bits per heavy atom. The molecule has 2 aliphatic carbocycles. The van der Waals surface area contributed by atoms with Crippen LogP contribution in [0.5, 0.6) is 0 Å². The van der Waals surface area contributed by atoms with Crippen molar-refractivity contribution in [2.24, 2.45) is 17.6 Å². The molecule has 4 N–H and O–H groups in total. The normalized spacial score (nSPS) is 15.9. The number of aromatic amines is 1. The fourth-order valence-corrected chi connectivity index (χ4v) is 5.47. The number of aromatic nitrogens is 4. The van der Waals surface area contributed by atoms with Crippen LogP contribution in [0.2, 0.25) is 0 Å². The molecule has 0 spiro atoms. The van der Waals surface area contributed by atoms with Crippen molar-refractivity contribution >= 4 is 34.6 Å². The Morgan fingerprint density at radius 3 is 2.45 bits per heavy atom. The molecule has 3 aromatic rings. The minimum Gasteiger partial charge on any atom is -0.374 e. The molecular weight excluding hydrogens is 496 g/mol. The molecule has 2 aromatic carbocycles. The van der Waals surface area contributed by atoms with E-state index in [1.165, 1.54) is 19.3 Å². The highest BCUT2D eigenvalue weighted by molar-refractivity contribution is 7.80. The lowest BCUT2D eigenvalue weighted by Crippen LogP contribution is -2.50. The van der Waals surface area contributed by atoms with Gasteiger partial charge in [0, 0.05) is 24.1 Å². The molecule has 38 heavy (non-hydrogen) atoms. The van der Waals surface area contributed by atoms with Gasteiger partial charge in [-0.25, -0.2) is 5.01 Å². The summed E-state index contributed by atoms with van der Waals surface area (Å²) in [5, 5.41) is 16.4. The van der Waals surface area contributed by atoms with Gasteiger partial charge in [0.15, 0.2) is 5.11 Å². The van der Waals surface area contributed by atoms with E-state index in [2.05, 4.69) is 63.0 Å². The van der Waals surface area contributed by atoms with Crippen molar-refractivity contribution in [3.63, 3.8) is 0 Å². The maximum atomic E-state index is 12.9. The number of H-pyrrole nitrogens is 1. The molecule has 200 valence electrons. The number of anilines is 2. The van der Waals surface area contributed by atoms with E-state index < -0.39 is 0 Å². The second-order valence-corrected chi connectivity index (χ2v) is 11.2. The lowest BCUT2D eigenvalue weighted by atomic mass is 9.92. The fourth-order valence-electron chi connectivity index (χ4n) is 5.33. The number of nitrogens with two attached hydrogens (primary N) is 1. The van der Waals surface area contributed by atoms with Gasteiger partial charge in [-0.2, -0.15) is 5.21 Å². The van der Waals surface area contributed by atoms with Crippen LogP contribution in [-0.2, 0) is 4.79 Å². The molecule has 2 fully saturated rings. The first-order valence-electron chi connectivity index (χ1n) is 13.6. The summed E-state index contributed by atoms with van der Waals surface area (Å²) in [6.07, 6.45) is 7.81. The summed E-state index contributed by atoms with van der Waals surface area (Å²) in [5.74, 6) is 0.947. The van der Waals surface area contributed by atoms with Crippen molar-refractivity contribution in [1.29, 1.82) is 0 Å². The Balaban J connectivity index is 1.64. The van der Waals surface area contributed by atoms with Gasteiger partial charge >= 0.3 is 0 Å². The average Bonchev–Trinajstić information content (AvgIpc) is 3.64. The Hall–Kier alpha value is -3.53. The van der Waals surface area contributed by atoms with Gasteiger partial charge in [-0.05, 0) is 72.3 Å². The number of hydrogen-bond acceptors (Lipinski definition) is 6. The molecule has 2 aliphatic rings. The molecule has 1 heterocycles. The van der Waals surface area contributed by atoms with Crippen LogP contribution in [0.25, 0.3) is 22.5 Å². The maximum absolute atomic E-state index is 12.9. The third-order valence-electron chi connectivity index (χ3n) is 7.32. The van der Waals surface area contributed by atoms with E-state index in [1.54, 1.807) is 5.01 Å².